The van der Waals surface area contributed by atoms with E-state index >= 15 is 0 Å². The van der Waals surface area contributed by atoms with Gasteiger partial charge in [-0.1, -0.05) is 30.3 Å². The summed E-state index contributed by atoms with van der Waals surface area (Å²) >= 11 is 0. The largest absolute Gasteiger partial charge is 0.434 e. The van der Waals surface area contributed by atoms with Crippen molar-refractivity contribution in [1.82, 2.24) is 20.4 Å². The molecule has 0 saturated heterocycles. The number of para-hydroxylation sites is 1. The van der Waals surface area contributed by atoms with Gasteiger partial charge in [0, 0.05) is 43.8 Å². The van der Waals surface area contributed by atoms with Gasteiger partial charge in [-0.05, 0) is 29.8 Å². The summed E-state index contributed by atoms with van der Waals surface area (Å²) < 4.78 is 31.2. The molecule has 0 bridgehead atoms. The predicted molar refractivity (Wildman–Crippen MR) is 133 cm³/mol. The highest BCUT2D eigenvalue weighted by atomic mass is 127. The first kappa shape index (κ1) is 26.0. The molecule has 1 heterocycles. The van der Waals surface area contributed by atoms with Gasteiger partial charge in [0.25, 0.3) is 0 Å². The van der Waals surface area contributed by atoms with Crippen LogP contribution < -0.4 is 20.7 Å². The first-order chi connectivity index (χ1) is 15.5. The molecule has 0 unspecified atom stereocenters. The normalized spacial score (nSPS) is 11.0. The first-order valence-corrected chi connectivity index (χ1v) is 9.87. The number of ether oxygens (including phenoxy) is 1. The Hall–Kier alpha value is -3.22. The van der Waals surface area contributed by atoms with Crippen LogP contribution in [-0.2, 0) is 24.4 Å². The quantitative estimate of drug-likeness (QED) is 0.208. The number of alkyl halides is 2. The van der Waals surface area contributed by atoms with E-state index < -0.39 is 6.61 Å². The number of nitrogens with zero attached hydrogens (tertiary/aromatic N) is 3. The molecule has 33 heavy (non-hydrogen) atoms. The molecule has 0 radical (unpaired) electrons. The van der Waals surface area contributed by atoms with Gasteiger partial charge in [-0.2, -0.15) is 13.9 Å². The van der Waals surface area contributed by atoms with Crippen LogP contribution in [0.1, 0.15) is 11.1 Å². The van der Waals surface area contributed by atoms with Gasteiger partial charge in [0.15, 0.2) is 5.96 Å². The fourth-order valence-electron chi connectivity index (χ4n) is 2.95. The van der Waals surface area contributed by atoms with Crippen LogP contribution in [0.4, 0.5) is 14.5 Å². The molecule has 0 atom stereocenters. The fourth-order valence-corrected chi connectivity index (χ4v) is 2.95. The second-order valence-electron chi connectivity index (χ2n) is 6.72. The van der Waals surface area contributed by atoms with Crippen LogP contribution in [0.2, 0.25) is 0 Å². The van der Waals surface area contributed by atoms with E-state index in [2.05, 4.69) is 30.8 Å². The third kappa shape index (κ3) is 8.67. The van der Waals surface area contributed by atoms with Crippen LogP contribution in [-0.4, -0.2) is 35.3 Å². The molecule has 3 rings (SSSR count). The van der Waals surface area contributed by atoms with Crippen molar-refractivity contribution in [1.29, 1.82) is 0 Å². The number of benzene rings is 2. The summed E-state index contributed by atoms with van der Waals surface area (Å²) in [6.45, 7) is -2.06. The van der Waals surface area contributed by atoms with Crippen molar-refractivity contribution in [3.63, 3.8) is 0 Å². The minimum atomic E-state index is -2.89. The SMILES string of the molecule is CN=C(NCc1cccc(NC(=O)Cn2cccn2)c1)NCc1ccccc1OC(F)F.I. The molecule has 176 valence electrons. The molecule has 1 amide bonds. The maximum atomic E-state index is 12.6. The molecule has 11 heteroatoms. The van der Waals surface area contributed by atoms with Crippen molar-refractivity contribution in [2.75, 3.05) is 12.4 Å². The Morgan fingerprint density at radius 2 is 1.91 bits per heavy atom. The average Bonchev–Trinajstić information content (AvgIpc) is 3.27. The second-order valence-corrected chi connectivity index (χ2v) is 6.72. The topological polar surface area (TPSA) is 92.6 Å². The number of guanidine groups is 1. The van der Waals surface area contributed by atoms with E-state index in [-0.39, 0.29) is 48.7 Å². The van der Waals surface area contributed by atoms with Crippen LogP contribution in [0.5, 0.6) is 5.75 Å². The lowest BCUT2D eigenvalue weighted by Crippen LogP contribution is -2.36. The molecular weight excluding hydrogens is 545 g/mol. The Morgan fingerprint density at radius 3 is 2.64 bits per heavy atom. The summed E-state index contributed by atoms with van der Waals surface area (Å²) in [6.07, 6.45) is 3.33. The summed E-state index contributed by atoms with van der Waals surface area (Å²) in [4.78, 5) is 16.3. The van der Waals surface area contributed by atoms with E-state index in [4.69, 9.17) is 0 Å². The van der Waals surface area contributed by atoms with Crippen LogP contribution in [0.25, 0.3) is 0 Å². The van der Waals surface area contributed by atoms with E-state index in [0.717, 1.165) is 5.56 Å². The van der Waals surface area contributed by atoms with Crippen molar-refractivity contribution < 1.29 is 18.3 Å². The van der Waals surface area contributed by atoms with Gasteiger partial charge in [0.2, 0.25) is 5.91 Å². The van der Waals surface area contributed by atoms with E-state index in [1.54, 1.807) is 54.5 Å². The zero-order valence-electron chi connectivity index (χ0n) is 17.9. The summed E-state index contributed by atoms with van der Waals surface area (Å²) in [7, 11) is 1.61. The van der Waals surface area contributed by atoms with Crippen LogP contribution >= 0.6 is 24.0 Å². The van der Waals surface area contributed by atoms with Crippen molar-refractivity contribution in [2.45, 2.75) is 26.2 Å². The summed E-state index contributed by atoms with van der Waals surface area (Å²) in [5, 5.41) is 13.1. The number of hydrogen-bond donors (Lipinski definition) is 3. The lowest BCUT2D eigenvalue weighted by Gasteiger charge is -2.15. The van der Waals surface area contributed by atoms with Crippen molar-refractivity contribution in [3.8, 4) is 5.75 Å². The van der Waals surface area contributed by atoms with Crippen LogP contribution in [0.3, 0.4) is 0 Å². The van der Waals surface area contributed by atoms with Crippen LogP contribution in [0.15, 0.2) is 72.0 Å². The number of halogens is 3. The van der Waals surface area contributed by atoms with Gasteiger partial charge in [0.1, 0.15) is 12.3 Å². The van der Waals surface area contributed by atoms with Gasteiger partial charge in [-0.25, -0.2) is 0 Å². The number of amides is 1. The monoisotopic (exact) mass is 570 g/mol. The first-order valence-electron chi connectivity index (χ1n) is 9.87. The summed E-state index contributed by atoms with van der Waals surface area (Å²) in [6, 6.07) is 15.7. The molecule has 0 aliphatic rings. The minimum absolute atomic E-state index is 0. The molecule has 3 aromatic rings. The third-order valence-electron chi connectivity index (χ3n) is 4.39. The van der Waals surface area contributed by atoms with E-state index in [1.807, 2.05) is 18.2 Å². The number of anilines is 1. The molecule has 8 nitrogen and oxygen atoms in total. The Labute approximate surface area is 207 Å². The van der Waals surface area contributed by atoms with Crippen molar-refractivity contribution >= 4 is 41.5 Å². The smallest absolute Gasteiger partial charge is 0.387 e. The number of aliphatic imine (C=N–C) groups is 1. The maximum absolute atomic E-state index is 12.6. The zero-order valence-corrected chi connectivity index (χ0v) is 20.2. The predicted octanol–water partition coefficient (Wildman–Crippen LogP) is 3.61. The number of rotatable bonds is 9. The number of hydrogen-bond acceptors (Lipinski definition) is 4. The standard InChI is InChI=1S/C22H24F2N6O2.HI/c1-25-22(27-14-17-7-2-3-9-19(17)32-21(23)24)26-13-16-6-4-8-18(12-16)29-20(31)15-30-11-5-10-28-30;/h2-12,21H,13-15H2,1H3,(H,29,31)(H2,25,26,27);1H. The van der Waals surface area contributed by atoms with E-state index in [1.165, 1.54) is 6.07 Å². The molecule has 0 aliphatic carbocycles. The lowest BCUT2D eigenvalue weighted by atomic mass is 10.2. The maximum Gasteiger partial charge on any atom is 0.387 e. The molecule has 0 fully saturated rings. The highest BCUT2D eigenvalue weighted by Crippen LogP contribution is 2.20. The van der Waals surface area contributed by atoms with Gasteiger partial charge in [-0.3, -0.25) is 14.5 Å². The van der Waals surface area contributed by atoms with E-state index in [0.29, 0.717) is 23.8 Å². The van der Waals surface area contributed by atoms with Crippen LogP contribution in [0, 0.1) is 0 Å². The second kappa shape index (κ2) is 13.4. The van der Waals surface area contributed by atoms with Gasteiger partial charge < -0.3 is 20.7 Å². The number of carbonyl (C=O) groups excluding carboxylic acids is 1. The highest BCUT2D eigenvalue weighted by molar-refractivity contribution is 14.0. The Morgan fingerprint density at radius 1 is 1.12 bits per heavy atom. The lowest BCUT2D eigenvalue weighted by molar-refractivity contribution is -0.116. The number of carbonyl (C=O) groups is 1. The molecule has 1 aromatic heterocycles. The molecular formula is C22H25F2IN6O2. The Bertz CT molecular complexity index is 1050. The molecule has 0 aliphatic heterocycles. The zero-order chi connectivity index (χ0) is 22.8. The number of nitrogens with one attached hydrogen (secondary N) is 3. The third-order valence-corrected chi connectivity index (χ3v) is 4.39. The Balaban J connectivity index is 0.00000385. The van der Waals surface area contributed by atoms with Crippen molar-refractivity contribution in [2.24, 2.45) is 4.99 Å². The van der Waals surface area contributed by atoms with Gasteiger partial charge in [0.05, 0.1) is 0 Å². The molecule has 0 spiro atoms. The van der Waals surface area contributed by atoms with Gasteiger partial charge in [-0.15, -0.1) is 24.0 Å². The van der Waals surface area contributed by atoms with Gasteiger partial charge >= 0.3 is 6.61 Å². The summed E-state index contributed by atoms with van der Waals surface area (Å²) in [5.74, 6) is 0.426. The van der Waals surface area contributed by atoms with E-state index in [9.17, 15) is 13.6 Å². The molecule has 0 saturated carbocycles. The fraction of sp³-hybridized carbons (Fsp3) is 0.227. The average molecular weight is 570 g/mol. The summed E-state index contributed by atoms with van der Waals surface area (Å²) in [5.41, 5.74) is 2.17. The Kier molecular flexibility index (Phi) is 10.5. The highest BCUT2D eigenvalue weighted by Gasteiger charge is 2.10. The van der Waals surface area contributed by atoms with Crippen molar-refractivity contribution in [3.05, 3.63) is 78.1 Å². The number of aromatic nitrogens is 2. The molecule has 3 N–H and O–H groups in total. The molecule has 2 aromatic carbocycles. The minimum Gasteiger partial charge on any atom is -0.434 e.